The fourth-order valence-electron chi connectivity index (χ4n) is 2.03. The molecule has 3 rings (SSSR count). The minimum absolute atomic E-state index is 0.596. The van der Waals surface area contributed by atoms with Gasteiger partial charge in [-0.25, -0.2) is 15.0 Å². The monoisotopic (exact) mass is 271 g/mol. The number of fused-ring (bicyclic) bond motifs is 1. The summed E-state index contributed by atoms with van der Waals surface area (Å²) in [5.74, 6) is 0.757. The van der Waals surface area contributed by atoms with Crippen LogP contribution in [-0.2, 0) is 6.54 Å². The number of aromatic amines is 1. The van der Waals surface area contributed by atoms with Gasteiger partial charge in [-0.3, -0.25) is 4.57 Å². The molecule has 0 unspecified atom stereocenters. The summed E-state index contributed by atoms with van der Waals surface area (Å²) < 4.78 is 2.61. The van der Waals surface area contributed by atoms with Gasteiger partial charge in [-0.2, -0.15) is 0 Å². The van der Waals surface area contributed by atoms with Gasteiger partial charge in [-0.1, -0.05) is 0 Å². The van der Waals surface area contributed by atoms with Crippen molar-refractivity contribution in [3.8, 4) is 0 Å². The summed E-state index contributed by atoms with van der Waals surface area (Å²) in [6.07, 6.45) is 1.76. The van der Waals surface area contributed by atoms with Crippen molar-refractivity contribution >= 4 is 23.4 Å². The first-order valence-electron chi connectivity index (χ1n) is 5.98. The number of hydrogen-bond acceptors (Lipinski definition) is 4. The normalized spacial score (nSPS) is 11.1. The Morgan fingerprint density at radius 3 is 2.84 bits per heavy atom. The molecule has 1 N–H and O–H groups in total. The van der Waals surface area contributed by atoms with Crippen molar-refractivity contribution in [1.29, 1.82) is 0 Å². The summed E-state index contributed by atoms with van der Waals surface area (Å²) in [5.41, 5.74) is 3.70. The average molecular weight is 271 g/mol. The van der Waals surface area contributed by atoms with Crippen LogP contribution in [0, 0.1) is 18.6 Å². The zero-order valence-corrected chi connectivity index (χ0v) is 11.5. The Hall–Kier alpha value is -2.08. The quantitative estimate of drug-likeness (QED) is 0.728. The van der Waals surface area contributed by atoms with E-state index < -0.39 is 0 Å². The number of hydrogen-bond donors (Lipinski definition) is 1. The smallest absolute Gasteiger partial charge is 0.179 e. The lowest BCUT2D eigenvalue weighted by atomic mass is 10.3. The molecule has 0 aliphatic rings. The second-order valence-corrected chi connectivity index (χ2v) is 4.82. The van der Waals surface area contributed by atoms with Crippen LogP contribution in [0.3, 0.4) is 0 Å². The second kappa shape index (κ2) is 4.55. The lowest BCUT2D eigenvalue weighted by Crippen LogP contribution is -2.04. The maximum absolute atomic E-state index is 5.35. The highest BCUT2D eigenvalue weighted by molar-refractivity contribution is 7.71. The van der Waals surface area contributed by atoms with Gasteiger partial charge >= 0.3 is 0 Å². The van der Waals surface area contributed by atoms with Crippen molar-refractivity contribution < 1.29 is 0 Å². The fourth-order valence-corrected chi connectivity index (χ4v) is 2.29. The van der Waals surface area contributed by atoms with Crippen LogP contribution in [0.2, 0.25) is 0 Å². The maximum Gasteiger partial charge on any atom is 0.179 e. The molecule has 0 bridgehead atoms. The zero-order chi connectivity index (χ0) is 13.4. The molecule has 3 heterocycles. The predicted molar refractivity (Wildman–Crippen MR) is 75.5 cm³/mol. The fraction of sp³-hybridized carbons (Fsp3) is 0.231. The molecular weight excluding hydrogens is 258 g/mol. The van der Waals surface area contributed by atoms with E-state index in [0.29, 0.717) is 11.3 Å². The van der Waals surface area contributed by atoms with E-state index >= 15 is 0 Å². The standard InChI is InChI=1S/C13H13N5S/c1-8-3-4-11-12(15-8)18(13(19)17-11)7-10-5-6-14-9(2)16-10/h3-6H,7H2,1-2H3,(H,17,19). The molecule has 0 aliphatic heterocycles. The van der Waals surface area contributed by atoms with Gasteiger partial charge in [-0.05, 0) is 44.3 Å². The van der Waals surface area contributed by atoms with Crippen LogP contribution in [0.1, 0.15) is 17.2 Å². The summed E-state index contributed by atoms with van der Waals surface area (Å²) >= 11 is 5.35. The van der Waals surface area contributed by atoms with Crippen LogP contribution in [0.4, 0.5) is 0 Å². The summed E-state index contributed by atoms with van der Waals surface area (Å²) in [5, 5.41) is 0. The van der Waals surface area contributed by atoms with Crippen LogP contribution >= 0.6 is 12.2 Å². The first-order chi connectivity index (χ1) is 9.13. The minimum Gasteiger partial charge on any atom is -0.329 e. The van der Waals surface area contributed by atoms with E-state index in [0.717, 1.165) is 28.4 Å². The Bertz CT molecular complexity index is 802. The molecule has 0 saturated heterocycles. The summed E-state index contributed by atoms with van der Waals surface area (Å²) in [4.78, 5) is 16.2. The SMILES string of the molecule is Cc1ccc2[nH]c(=S)n(Cc3ccnc(C)n3)c2n1. The lowest BCUT2D eigenvalue weighted by molar-refractivity contribution is 0.765. The van der Waals surface area contributed by atoms with Crippen molar-refractivity contribution in [3.05, 3.63) is 46.4 Å². The Morgan fingerprint density at radius 1 is 1.21 bits per heavy atom. The minimum atomic E-state index is 0.596. The van der Waals surface area contributed by atoms with Crippen molar-refractivity contribution in [3.63, 3.8) is 0 Å². The molecule has 0 atom stereocenters. The van der Waals surface area contributed by atoms with Crippen LogP contribution in [0.5, 0.6) is 0 Å². The molecule has 0 aromatic carbocycles. The molecule has 5 nitrogen and oxygen atoms in total. The summed E-state index contributed by atoms with van der Waals surface area (Å²) in [7, 11) is 0. The molecule has 3 aromatic heterocycles. The van der Waals surface area contributed by atoms with E-state index in [4.69, 9.17) is 12.2 Å². The van der Waals surface area contributed by atoms with Crippen molar-refractivity contribution in [2.75, 3.05) is 0 Å². The number of nitrogens with one attached hydrogen (secondary N) is 1. The highest BCUT2D eigenvalue weighted by Gasteiger charge is 2.07. The van der Waals surface area contributed by atoms with Gasteiger partial charge in [0, 0.05) is 11.9 Å². The molecule has 0 spiro atoms. The molecule has 0 amide bonds. The van der Waals surface area contributed by atoms with Crippen molar-refractivity contribution in [1.82, 2.24) is 24.5 Å². The second-order valence-electron chi connectivity index (χ2n) is 4.44. The molecule has 19 heavy (non-hydrogen) atoms. The molecule has 96 valence electrons. The van der Waals surface area contributed by atoms with Gasteiger partial charge in [0.2, 0.25) is 0 Å². The number of nitrogens with zero attached hydrogens (tertiary/aromatic N) is 4. The Kier molecular flexibility index (Phi) is 2.87. The Morgan fingerprint density at radius 2 is 2.05 bits per heavy atom. The third kappa shape index (κ3) is 2.26. The highest BCUT2D eigenvalue weighted by Crippen LogP contribution is 2.14. The van der Waals surface area contributed by atoms with Gasteiger partial charge in [0.05, 0.1) is 17.8 Å². The van der Waals surface area contributed by atoms with Crippen LogP contribution in [0.15, 0.2) is 24.4 Å². The molecule has 0 aliphatic carbocycles. The molecule has 0 saturated carbocycles. The van der Waals surface area contributed by atoms with Crippen LogP contribution < -0.4 is 0 Å². The first kappa shape index (κ1) is 12.0. The van der Waals surface area contributed by atoms with Crippen molar-refractivity contribution in [2.45, 2.75) is 20.4 Å². The number of H-pyrrole nitrogens is 1. The van der Waals surface area contributed by atoms with E-state index in [1.165, 1.54) is 0 Å². The average Bonchev–Trinajstić information content (AvgIpc) is 2.66. The third-order valence-electron chi connectivity index (χ3n) is 2.91. The van der Waals surface area contributed by atoms with Gasteiger partial charge in [0.15, 0.2) is 10.4 Å². The third-order valence-corrected chi connectivity index (χ3v) is 3.23. The van der Waals surface area contributed by atoms with E-state index in [9.17, 15) is 0 Å². The van der Waals surface area contributed by atoms with Crippen LogP contribution in [-0.4, -0.2) is 24.5 Å². The largest absolute Gasteiger partial charge is 0.329 e. The Balaban J connectivity index is 2.12. The highest BCUT2D eigenvalue weighted by atomic mass is 32.1. The molecule has 6 heteroatoms. The maximum atomic E-state index is 5.35. The van der Waals surface area contributed by atoms with E-state index in [1.807, 2.05) is 36.6 Å². The number of aryl methyl sites for hydroxylation is 2. The van der Waals surface area contributed by atoms with Gasteiger partial charge in [0.25, 0.3) is 0 Å². The molecule has 3 aromatic rings. The topological polar surface area (TPSA) is 59.4 Å². The lowest BCUT2D eigenvalue weighted by Gasteiger charge is -2.04. The van der Waals surface area contributed by atoms with E-state index in [2.05, 4.69) is 19.9 Å². The number of pyridine rings is 1. The van der Waals surface area contributed by atoms with E-state index in [-0.39, 0.29) is 0 Å². The number of aromatic nitrogens is 5. The van der Waals surface area contributed by atoms with Gasteiger partial charge in [0.1, 0.15) is 5.82 Å². The van der Waals surface area contributed by atoms with Crippen LogP contribution in [0.25, 0.3) is 11.2 Å². The van der Waals surface area contributed by atoms with Gasteiger partial charge < -0.3 is 4.98 Å². The van der Waals surface area contributed by atoms with Gasteiger partial charge in [-0.15, -0.1) is 0 Å². The summed E-state index contributed by atoms with van der Waals surface area (Å²) in [6, 6.07) is 5.85. The molecule has 0 fully saturated rings. The number of rotatable bonds is 2. The van der Waals surface area contributed by atoms with Crippen molar-refractivity contribution in [2.24, 2.45) is 0 Å². The van der Waals surface area contributed by atoms with E-state index in [1.54, 1.807) is 6.20 Å². The zero-order valence-electron chi connectivity index (χ0n) is 10.7. The molecule has 0 radical (unpaired) electrons. The molecular formula is C13H13N5S. The Labute approximate surface area is 115 Å². The number of imidazole rings is 1. The predicted octanol–water partition coefficient (Wildman–Crippen LogP) is 2.55. The summed E-state index contributed by atoms with van der Waals surface area (Å²) in [6.45, 7) is 4.44. The first-order valence-corrected chi connectivity index (χ1v) is 6.39.